The predicted molar refractivity (Wildman–Crippen MR) is 103 cm³/mol. The molecule has 3 aromatic carbocycles. The summed E-state index contributed by atoms with van der Waals surface area (Å²) in [4.78, 5) is 2.48. The van der Waals surface area contributed by atoms with Gasteiger partial charge in [-0.05, 0) is 41.8 Å². The molecule has 1 heterocycles. The number of nitrogens with one attached hydrogen (secondary N) is 1. The van der Waals surface area contributed by atoms with Gasteiger partial charge < -0.3 is 10.2 Å². The van der Waals surface area contributed by atoms with Crippen LogP contribution in [0.1, 0.15) is 24.9 Å². The first-order valence-corrected chi connectivity index (χ1v) is 8.85. The summed E-state index contributed by atoms with van der Waals surface area (Å²) in [6.45, 7) is 4.50. The van der Waals surface area contributed by atoms with E-state index in [4.69, 9.17) is 0 Å². The lowest BCUT2D eigenvalue weighted by molar-refractivity contribution is 0.483. The molecule has 1 aliphatic rings. The maximum atomic E-state index is 3.85. The molecule has 0 amide bonds. The molecule has 1 saturated heterocycles. The van der Waals surface area contributed by atoms with Crippen LogP contribution in [-0.4, -0.2) is 19.1 Å². The first-order valence-electron chi connectivity index (χ1n) is 8.85. The number of hydrogen-bond donors (Lipinski definition) is 1. The van der Waals surface area contributed by atoms with E-state index >= 15 is 0 Å². The van der Waals surface area contributed by atoms with Crippen molar-refractivity contribution in [2.24, 2.45) is 0 Å². The van der Waals surface area contributed by atoms with E-state index < -0.39 is 0 Å². The van der Waals surface area contributed by atoms with Gasteiger partial charge in [0.2, 0.25) is 0 Å². The molecule has 0 aromatic heterocycles. The molecule has 0 radical (unpaired) electrons. The zero-order chi connectivity index (χ0) is 16.4. The van der Waals surface area contributed by atoms with E-state index in [0.29, 0.717) is 12.1 Å². The molecular weight excluding hydrogens is 292 g/mol. The third-order valence-electron chi connectivity index (χ3n) is 5.09. The van der Waals surface area contributed by atoms with Gasteiger partial charge >= 0.3 is 0 Å². The summed E-state index contributed by atoms with van der Waals surface area (Å²) in [6, 6.07) is 26.9. The van der Waals surface area contributed by atoms with Crippen LogP contribution in [0.5, 0.6) is 0 Å². The van der Waals surface area contributed by atoms with Crippen LogP contribution >= 0.6 is 0 Å². The lowest BCUT2D eigenvalue weighted by atomic mass is 9.99. The summed E-state index contributed by atoms with van der Waals surface area (Å²) in [6.07, 6.45) is 1.20. The second kappa shape index (κ2) is 6.66. The molecule has 0 aliphatic carbocycles. The van der Waals surface area contributed by atoms with Crippen LogP contribution in [0.3, 0.4) is 0 Å². The maximum Gasteiger partial charge on any atom is 0.0366 e. The summed E-state index contributed by atoms with van der Waals surface area (Å²) in [5.74, 6) is 0. The number of benzene rings is 3. The van der Waals surface area contributed by atoms with Gasteiger partial charge in [0.15, 0.2) is 0 Å². The van der Waals surface area contributed by atoms with Gasteiger partial charge in [-0.15, -0.1) is 0 Å². The van der Waals surface area contributed by atoms with Crippen LogP contribution in [0.4, 0.5) is 5.69 Å². The Kier molecular flexibility index (Phi) is 4.22. The number of rotatable bonds is 4. The molecule has 2 nitrogen and oxygen atoms in total. The quantitative estimate of drug-likeness (QED) is 0.746. The molecule has 0 spiro atoms. The summed E-state index contributed by atoms with van der Waals surface area (Å²) in [7, 11) is 0. The van der Waals surface area contributed by atoms with Gasteiger partial charge in [0, 0.05) is 30.9 Å². The molecule has 0 saturated carbocycles. The zero-order valence-electron chi connectivity index (χ0n) is 14.2. The Morgan fingerprint density at radius 3 is 2.54 bits per heavy atom. The summed E-state index contributed by atoms with van der Waals surface area (Å²) < 4.78 is 0. The molecule has 4 rings (SSSR count). The van der Waals surface area contributed by atoms with Crippen molar-refractivity contribution in [1.82, 2.24) is 5.32 Å². The Morgan fingerprint density at radius 2 is 1.67 bits per heavy atom. The number of anilines is 1. The van der Waals surface area contributed by atoms with Gasteiger partial charge in [-0.25, -0.2) is 0 Å². The smallest absolute Gasteiger partial charge is 0.0366 e. The van der Waals surface area contributed by atoms with Crippen molar-refractivity contribution in [2.75, 3.05) is 18.0 Å². The molecule has 0 unspecified atom stereocenters. The van der Waals surface area contributed by atoms with E-state index in [9.17, 15) is 0 Å². The minimum Gasteiger partial charge on any atom is -0.370 e. The highest BCUT2D eigenvalue weighted by Crippen LogP contribution is 2.26. The molecule has 1 aliphatic heterocycles. The van der Waals surface area contributed by atoms with Gasteiger partial charge in [0.1, 0.15) is 0 Å². The molecule has 24 heavy (non-hydrogen) atoms. The first kappa shape index (κ1) is 15.2. The number of nitrogens with zero attached hydrogens (tertiary/aromatic N) is 1. The van der Waals surface area contributed by atoms with Crippen molar-refractivity contribution in [3.8, 4) is 0 Å². The molecule has 3 aromatic rings. The second-order valence-corrected chi connectivity index (χ2v) is 6.72. The fraction of sp³-hybridized carbons (Fsp3) is 0.273. The van der Waals surface area contributed by atoms with E-state index in [2.05, 4.69) is 89.9 Å². The number of para-hydroxylation sites is 1. The Morgan fingerprint density at radius 1 is 0.917 bits per heavy atom. The van der Waals surface area contributed by atoms with E-state index in [0.717, 1.165) is 13.1 Å². The highest BCUT2D eigenvalue weighted by molar-refractivity contribution is 5.86. The second-order valence-electron chi connectivity index (χ2n) is 6.72. The van der Waals surface area contributed by atoms with E-state index in [1.807, 2.05) is 0 Å². The van der Waals surface area contributed by atoms with Crippen molar-refractivity contribution >= 4 is 16.5 Å². The normalized spacial score (nSPS) is 18.9. The van der Waals surface area contributed by atoms with Gasteiger partial charge in [-0.2, -0.15) is 0 Å². The average molecular weight is 316 g/mol. The summed E-state index contributed by atoms with van der Waals surface area (Å²) in [5.41, 5.74) is 2.73. The van der Waals surface area contributed by atoms with Crippen LogP contribution in [0.2, 0.25) is 0 Å². The Bertz CT molecular complexity index is 807. The van der Waals surface area contributed by atoms with Crippen molar-refractivity contribution in [1.29, 1.82) is 0 Å². The van der Waals surface area contributed by atoms with Gasteiger partial charge in [-0.1, -0.05) is 60.7 Å². The van der Waals surface area contributed by atoms with Crippen LogP contribution < -0.4 is 10.2 Å². The third kappa shape index (κ3) is 3.02. The Hall–Kier alpha value is -2.32. The Balaban J connectivity index is 1.48. The van der Waals surface area contributed by atoms with Crippen molar-refractivity contribution in [3.63, 3.8) is 0 Å². The van der Waals surface area contributed by atoms with E-state index in [1.165, 1.54) is 28.4 Å². The Labute approximate surface area is 144 Å². The molecular formula is C22H24N2. The van der Waals surface area contributed by atoms with Crippen molar-refractivity contribution in [3.05, 3.63) is 78.4 Å². The van der Waals surface area contributed by atoms with Crippen molar-refractivity contribution in [2.45, 2.75) is 25.4 Å². The van der Waals surface area contributed by atoms with Crippen LogP contribution in [0.15, 0.2) is 72.8 Å². The SMILES string of the molecule is C[C@@H](N[C@H]1CCN(c2ccccc2)C1)c1cccc2ccccc12. The highest BCUT2D eigenvalue weighted by atomic mass is 15.2. The first-order chi connectivity index (χ1) is 11.8. The number of hydrogen-bond acceptors (Lipinski definition) is 2. The maximum absolute atomic E-state index is 3.85. The van der Waals surface area contributed by atoms with Gasteiger partial charge in [-0.3, -0.25) is 0 Å². The molecule has 2 atom stereocenters. The largest absolute Gasteiger partial charge is 0.370 e. The average Bonchev–Trinajstić information content (AvgIpc) is 3.10. The summed E-state index contributed by atoms with van der Waals surface area (Å²) >= 11 is 0. The van der Waals surface area contributed by atoms with Crippen LogP contribution in [0.25, 0.3) is 10.8 Å². The highest BCUT2D eigenvalue weighted by Gasteiger charge is 2.24. The van der Waals surface area contributed by atoms with E-state index in [1.54, 1.807) is 0 Å². The topological polar surface area (TPSA) is 15.3 Å². The fourth-order valence-corrected chi connectivity index (χ4v) is 3.84. The van der Waals surface area contributed by atoms with Gasteiger partial charge in [0.25, 0.3) is 0 Å². The van der Waals surface area contributed by atoms with Gasteiger partial charge in [0.05, 0.1) is 0 Å². The molecule has 1 N–H and O–H groups in total. The molecule has 0 bridgehead atoms. The van der Waals surface area contributed by atoms with E-state index in [-0.39, 0.29) is 0 Å². The predicted octanol–water partition coefficient (Wildman–Crippen LogP) is 4.77. The molecule has 122 valence electrons. The molecule has 2 heteroatoms. The number of fused-ring (bicyclic) bond motifs is 1. The van der Waals surface area contributed by atoms with Crippen molar-refractivity contribution < 1.29 is 0 Å². The minimum absolute atomic E-state index is 0.358. The third-order valence-corrected chi connectivity index (χ3v) is 5.09. The minimum atomic E-state index is 0.358. The zero-order valence-corrected chi connectivity index (χ0v) is 14.2. The molecule has 1 fully saturated rings. The monoisotopic (exact) mass is 316 g/mol. The fourth-order valence-electron chi connectivity index (χ4n) is 3.84. The lowest BCUT2D eigenvalue weighted by Crippen LogP contribution is -2.34. The lowest BCUT2D eigenvalue weighted by Gasteiger charge is -2.23. The summed E-state index contributed by atoms with van der Waals surface area (Å²) in [5, 5.41) is 6.52. The van der Waals surface area contributed by atoms with Crippen LogP contribution in [0, 0.1) is 0 Å². The standard InChI is InChI=1S/C22H24N2/c1-17(21-13-7-9-18-8-5-6-12-22(18)21)23-19-14-15-24(16-19)20-10-3-2-4-11-20/h2-13,17,19,23H,14-16H2,1H3/t17-,19+/m1/s1. The van der Waals surface area contributed by atoms with Crippen LogP contribution in [-0.2, 0) is 0 Å².